The summed E-state index contributed by atoms with van der Waals surface area (Å²) in [6.07, 6.45) is 0.507. The molecule has 0 bridgehead atoms. The van der Waals surface area contributed by atoms with Crippen molar-refractivity contribution >= 4 is 27.5 Å². The van der Waals surface area contributed by atoms with Gasteiger partial charge in [-0.25, -0.2) is 0 Å². The van der Waals surface area contributed by atoms with Crippen molar-refractivity contribution in [1.29, 1.82) is 0 Å². The third-order valence-electron chi connectivity index (χ3n) is 3.42. The number of anilines is 1. The van der Waals surface area contributed by atoms with Gasteiger partial charge in [0.1, 0.15) is 5.75 Å². The number of benzene rings is 1. The topological polar surface area (TPSA) is 38.3 Å². The Morgan fingerprint density at radius 3 is 2.58 bits per heavy atom. The van der Waals surface area contributed by atoms with E-state index in [1.165, 1.54) is 0 Å². The van der Waals surface area contributed by atoms with Gasteiger partial charge in [0.05, 0.1) is 12.8 Å². The molecule has 0 heterocycles. The molecule has 1 aromatic rings. The summed E-state index contributed by atoms with van der Waals surface area (Å²) in [4.78, 5) is 12.0. The predicted molar refractivity (Wildman–Crippen MR) is 82.6 cm³/mol. The number of amides is 1. The third kappa shape index (κ3) is 4.86. The van der Waals surface area contributed by atoms with Crippen LogP contribution in [0, 0.1) is 11.3 Å². The van der Waals surface area contributed by atoms with Gasteiger partial charge in [-0.3, -0.25) is 4.79 Å². The van der Waals surface area contributed by atoms with Crippen molar-refractivity contribution in [1.82, 2.24) is 0 Å². The van der Waals surface area contributed by atoms with Crippen LogP contribution >= 0.6 is 15.9 Å². The number of halogens is 1. The summed E-state index contributed by atoms with van der Waals surface area (Å²) in [6.45, 7) is 8.53. The first-order valence-electron chi connectivity index (χ1n) is 6.37. The van der Waals surface area contributed by atoms with Gasteiger partial charge < -0.3 is 10.1 Å². The molecule has 1 amide bonds. The van der Waals surface area contributed by atoms with Crippen LogP contribution in [0.5, 0.6) is 5.75 Å². The molecule has 1 atom stereocenters. The highest BCUT2D eigenvalue weighted by molar-refractivity contribution is 9.10. The Bertz CT molecular complexity index is 452. The van der Waals surface area contributed by atoms with Gasteiger partial charge in [-0.05, 0) is 39.4 Å². The molecular formula is C15H22BrNO2. The maximum Gasteiger partial charge on any atom is 0.224 e. The van der Waals surface area contributed by atoms with Crippen LogP contribution in [0.1, 0.15) is 34.1 Å². The van der Waals surface area contributed by atoms with Gasteiger partial charge in [-0.15, -0.1) is 0 Å². The van der Waals surface area contributed by atoms with Gasteiger partial charge in [0.25, 0.3) is 0 Å². The summed E-state index contributed by atoms with van der Waals surface area (Å²) in [5.41, 5.74) is 0.869. The van der Waals surface area contributed by atoms with E-state index in [9.17, 15) is 4.79 Å². The Morgan fingerprint density at radius 1 is 1.42 bits per heavy atom. The molecule has 0 spiro atoms. The number of ether oxygens (including phenoxy) is 1. The fraction of sp³-hybridized carbons (Fsp3) is 0.533. The van der Waals surface area contributed by atoms with Crippen LogP contribution in [0.15, 0.2) is 22.7 Å². The predicted octanol–water partition coefficient (Wildman–Crippen LogP) is 4.47. The van der Waals surface area contributed by atoms with Crippen LogP contribution in [0.4, 0.5) is 5.69 Å². The molecule has 106 valence electrons. The number of hydrogen-bond acceptors (Lipinski definition) is 2. The lowest BCUT2D eigenvalue weighted by atomic mass is 9.80. The van der Waals surface area contributed by atoms with Gasteiger partial charge in [0, 0.05) is 17.0 Å². The lowest BCUT2D eigenvalue weighted by Gasteiger charge is -2.26. The summed E-state index contributed by atoms with van der Waals surface area (Å²) >= 11 is 3.42. The first kappa shape index (κ1) is 16.0. The van der Waals surface area contributed by atoms with Gasteiger partial charge >= 0.3 is 0 Å². The Labute approximate surface area is 123 Å². The molecule has 0 aliphatic rings. The van der Waals surface area contributed by atoms with Crippen molar-refractivity contribution in [2.75, 3.05) is 12.4 Å². The molecule has 19 heavy (non-hydrogen) atoms. The molecular weight excluding hydrogens is 306 g/mol. The zero-order valence-corrected chi connectivity index (χ0v) is 13.8. The monoisotopic (exact) mass is 327 g/mol. The van der Waals surface area contributed by atoms with Crippen molar-refractivity contribution in [3.8, 4) is 5.75 Å². The maximum absolute atomic E-state index is 12.0. The first-order valence-corrected chi connectivity index (χ1v) is 7.16. The van der Waals surface area contributed by atoms with E-state index in [0.717, 1.165) is 15.9 Å². The summed E-state index contributed by atoms with van der Waals surface area (Å²) in [7, 11) is 1.61. The number of methoxy groups -OCH3 is 1. The largest absolute Gasteiger partial charge is 0.497 e. The fourth-order valence-electron chi connectivity index (χ4n) is 1.51. The van der Waals surface area contributed by atoms with E-state index in [1.807, 2.05) is 18.2 Å². The Balaban J connectivity index is 2.72. The summed E-state index contributed by atoms with van der Waals surface area (Å²) in [6, 6.07) is 5.52. The lowest BCUT2D eigenvalue weighted by molar-refractivity contribution is -0.117. The molecule has 0 aliphatic heterocycles. The summed E-state index contributed by atoms with van der Waals surface area (Å²) < 4.78 is 6.01. The molecule has 0 fully saturated rings. The second-order valence-corrected chi connectivity index (χ2v) is 6.72. The zero-order valence-electron chi connectivity index (χ0n) is 12.2. The molecule has 0 saturated heterocycles. The molecule has 1 aromatic carbocycles. The Morgan fingerprint density at radius 2 is 2.05 bits per heavy atom. The SMILES string of the molecule is COc1ccc(Br)c(NC(=O)CC(C)C(C)(C)C)c1. The molecule has 1 rings (SSSR count). The zero-order chi connectivity index (χ0) is 14.6. The van der Waals surface area contributed by atoms with E-state index in [-0.39, 0.29) is 11.3 Å². The number of hydrogen-bond donors (Lipinski definition) is 1. The quantitative estimate of drug-likeness (QED) is 0.886. The van der Waals surface area contributed by atoms with E-state index in [1.54, 1.807) is 7.11 Å². The minimum atomic E-state index is 0.0244. The standard InChI is InChI=1S/C15H22BrNO2/c1-10(15(2,3)4)8-14(18)17-13-9-11(19-5)6-7-12(13)16/h6-7,9-10H,8H2,1-5H3,(H,17,18). The Kier molecular flexibility index (Phi) is 5.41. The van der Waals surface area contributed by atoms with E-state index in [0.29, 0.717) is 12.3 Å². The highest BCUT2D eigenvalue weighted by Gasteiger charge is 2.22. The van der Waals surface area contributed by atoms with Crippen molar-refractivity contribution < 1.29 is 9.53 Å². The van der Waals surface area contributed by atoms with Crippen molar-refractivity contribution in [2.24, 2.45) is 11.3 Å². The van der Waals surface area contributed by atoms with Gasteiger partial charge in [-0.2, -0.15) is 0 Å². The van der Waals surface area contributed by atoms with Crippen LogP contribution in [0.2, 0.25) is 0 Å². The van der Waals surface area contributed by atoms with Crippen LogP contribution < -0.4 is 10.1 Å². The minimum absolute atomic E-state index is 0.0244. The molecule has 3 nitrogen and oxygen atoms in total. The highest BCUT2D eigenvalue weighted by Crippen LogP contribution is 2.30. The van der Waals surface area contributed by atoms with Crippen LogP contribution in [-0.2, 0) is 4.79 Å². The minimum Gasteiger partial charge on any atom is -0.497 e. The summed E-state index contributed by atoms with van der Waals surface area (Å²) in [5.74, 6) is 1.07. The molecule has 0 saturated carbocycles. The van der Waals surface area contributed by atoms with Crippen molar-refractivity contribution in [3.05, 3.63) is 22.7 Å². The fourth-order valence-corrected chi connectivity index (χ4v) is 1.86. The van der Waals surface area contributed by atoms with E-state index < -0.39 is 0 Å². The van der Waals surface area contributed by atoms with Crippen molar-refractivity contribution in [2.45, 2.75) is 34.1 Å². The second-order valence-electron chi connectivity index (χ2n) is 5.87. The number of nitrogens with one attached hydrogen (secondary N) is 1. The van der Waals surface area contributed by atoms with E-state index >= 15 is 0 Å². The number of carbonyl (C=O) groups is 1. The van der Waals surface area contributed by atoms with Gasteiger partial charge in [-0.1, -0.05) is 27.7 Å². The summed E-state index contributed by atoms with van der Waals surface area (Å²) in [5, 5.41) is 2.92. The molecule has 1 N–H and O–H groups in total. The highest BCUT2D eigenvalue weighted by atomic mass is 79.9. The smallest absolute Gasteiger partial charge is 0.224 e. The van der Waals surface area contributed by atoms with Crippen molar-refractivity contribution in [3.63, 3.8) is 0 Å². The number of carbonyl (C=O) groups excluding carboxylic acids is 1. The maximum atomic E-state index is 12.0. The van der Waals surface area contributed by atoms with Crippen LogP contribution in [0.3, 0.4) is 0 Å². The molecule has 0 aromatic heterocycles. The molecule has 0 aliphatic carbocycles. The Hall–Kier alpha value is -1.03. The van der Waals surface area contributed by atoms with E-state index in [2.05, 4.69) is 48.9 Å². The normalized spacial score (nSPS) is 12.9. The van der Waals surface area contributed by atoms with Gasteiger partial charge in [0.15, 0.2) is 0 Å². The van der Waals surface area contributed by atoms with Gasteiger partial charge in [0.2, 0.25) is 5.91 Å². The van der Waals surface area contributed by atoms with E-state index in [4.69, 9.17) is 4.74 Å². The molecule has 1 unspecified atom stereocenters. The molecule has 0 radical (unpaired) electrons. The van der Waals surface area contributed by atoms with Crippen LogP contribution in [0.25, 0.3) is 0 Å². The molecule has 4 heteroatoms. The average Bonchev–Trinajstić information content (AvgIpc) is 2.30. The number of rotatable bonds is 4. The van der Waals surface area contributed by atoms with Crippen LogP contribution in [-0.4, -0.2) is 13.0 Å². The first-order chi connectivity index (χ1) is 8.74. The average molecular weight is 328 g/mol. The second kappa shape index (κ2) is 6.42. The third-order valence-corrected chi connectivity index (χ3v) is 4.11. The lowest BCUT2D eigenvalue weighted by Crippen LogP contribution is -2.24.